The molecule has 0 unspecified atom stereocenters. The topological polar surface area (TPSA) is 69.7 Å². The number of anilines is 1. The zero-order valence-corrected chi connectivity index (χ0v) is 16.1. The number of rotatable bonds is 12. The van der Waals surface area contributed by atoms with Crippen LogP contribution in [0.25, 0.3) is 0 Å². The van der Waals surface area contributed by atoms with Crippen molar-refractivity contribution >= 4 is 11.6 Å². The summed E-state index contributed by atoms with van der Waals surface area (Å²) in [6.07, 6.45) is 3.12. The summed E-state index contributed by atoms with van der Waals surface area (Å²) in [6, 6.07) is 3.50. The molecule has 0 aliphatic rings. The van der Waals surface area contributed by atoms with Crippen LogP contribution in [0.2, 0.25) is 0 Å². The first kappa shape index (κ1) is 21.4. The molecule has 0 spiro atoms. The van der Waals surface area contributed by atoms with E-state index in [4.69, 9.17) is 14.2 Å². The Morgan fingerprint density at radius 2 is 2.00 bits per heavy atom. The van der Waals surface area contributed by atoms with Gasteiger partial charge in [0.1, 0.15) is 12.2 Å². The van der Waals surface area contributed by atoms with Crippen LogP contribution in [0.4, 0.5) is 5.69 Å². The number of hydrogen-bond donors (Lipinski definition) is 1. The highest BCUT2D eigenvalue weighted by Gasteiger charge is 2.35. The molecule has 0 radical (unpaired) electrons. The summed E-state index contributed by atoms with van der Waals surface area (Å²) in [6.45, 7) is 12.2. The molecule has 1 aromatic rings. The van der Waals surface area contributed by atoms with E-state index in [0.29, 0.717) is 50.3 Å². The van der Waals surface area contributed by atoms with Crippen molar-refractivity contribution in [2.24, 2.45) is 5.92 Å². The zero-order valence-electron chi connectivity index (χ0n) is 16.1. The summed E-state index contributed by atoms with van der Waals surface area (Å²) in [5.74, 6) is 0.707. The van der Waals surface area contributed by atoms with Gasteiger partial charge in [0.2, 0.25) is 5.88 Å². The quantitative estimate of drug-likeness (QED) is 0.581. The van der Waals surface area contributed by atoms with E-state index < -0.39 is 5.60 Å². The van der Waals surface area contributed by atoms with Gasteiger partial charge in [0, 0.05) is 19.3 Å². The van der Waals surface area contributed by atoms with Gasteiger partial charge in [-0.2, -0.15) is 0 Å². The molecule has 0 fully saturated rings. The molecule has 142 valence electrons. The largest absolute Gasteiger partial charge is 0.475 e. The molecule has 1 heterocycles. The highest BCUT2D eigenvalue weighted by Crippen LogP contribution is 2.24. The maximum absolute atomic E-state index is 12.7. The fourth-order valence-corrected chi connectivity index (χ4v) is 2.48. The molecule has 1 N–H and O–H groups in total. The molecular formula is C19H32N2O4. The number of ether oxygens (including phenoxy) is 3. The van der Waals surface area contributed by atoms with Gasteiger partial charge in [-0.3, -0.25) is 4.79 Å². The highest BCUT2D eigenvalue weighted by atomic mass is 16.5. The van der Waals surface area contributed by atoms with E-state index in [0.717, 1.165) is 6.42 Å². The summed E-state index contributed by atoms with van der Waals surface area (Å²) in [5, 5.41) is 2.89. The van der Waals surface area contributed by atoms with Crippen molar-refractivity contribution < 1.29 is 19.0 Å². The van der Waals surface area contributed by atoms with Crippen LogP contribution in [0.3, 0.4) is 0 Å². The molecule has 0 saturated carbocycles. The maximum Gasteiger partial charge on any atom is 0.256 e. The lowest BCUT2D eigenvalue weighted by atomic mass is 9.93. The first-order chi connectivity index (χ1) is 11.9. The Hall–Kier alpha value is -1.66. The fraction of sp³-hybridized carbons (Fsp3) is 0.684. The van der Waals surface area contributed by atoms with Crippen LogP contribution in [0, 0.1) is 5.92 Å². The van der Waals surface area contributed by atoms with E-state index in [1.165, 1.54) is 0 Å². The van der Waals surface area contributed by atoms with Crippen LogP contribution in [0.15, 0.2) is 18.3 Å². The molecule has 0 saturated heterocycles. The first-order valence-electron chi connectivity index (χ1n) is 9.03. The second kappa shape index (κ2) is 11.1. The van der Waals surface area contributed by atoms with Gasteiger partial charge in [-0.05, 0) is 38.7 Å². The van der Waals surface area contributed by atoms with E-state index in [1.54, 1.807) is 18.3 Å². The van der Waals surface area contributed by atoms with Gasteiger partial charge in [0.15, 0.2) is 0 Å². The van der Waals surface area contributed by atoms with Gasteiger partial charge >= 0.3 is 0 Å². The lowest BCUT2D eigenvalue weighted by Crippen LogP contribution is -2.44. The summed E-state index contributed by atoms with van der Waals surface area (Å²) in [7, 11) is 0. The van der Waals surface area contributed by atoms with E-state index in [-0.39, 0.29) is 5.91 Å². The smallest absolute Gasteiger partial charge is 0.256 e. The number of aromatic nitrogens is 1. The van der Waals surface area contributed by atoms with Crippen LogP contribution in [0.5, 0.6) is 5.88 Å². The van der Waals surface area contributed by atoms with Crippen molar-refractivity contribution in [2.45, 2.75) is 53.1 Å². The van der Waals surface area contributed by atoms with Gasteiger partial charge < -0.3 is 19.5 Å². The normalized spacial score (nSPS) is 13.5. The average molecular weight is 352 g/mol. The number of pyridine rings is 1. The monoisotopic (exact) mass is 352 g/mol. The van der Waals surface area contributed by atoms with Crippen molar-refractivity contribution in [3.63, 3.8) is 0 Å². The molecule has 0 aliphatic carbocycles. The Morgan fingerprint density at radius 1 is 1.24 bits per heavy atom. The molecule has 25 heavy (non-hydrogen) atoms. The standard InChI is InChI=1S/C19H32N2O4/c1-6-10-25-19(5,13-15(3)4)18(22)21-16-8-9-17(20-14-16)24-12-11-23-7-2/h8-9,14-15H,6-7,10-13H2,1-5H3,(H,21,22)/t19-/m0/s1. The third-order valence-corrected chi connectivity index (χ3v) is 3.58. The van der Waals surface area contributed by atoms with Gasteiger partial charge in [0.25, 0.3) is 5.91 Å². The summed E-state index contributed by atoms with van der Waals surface area (Å²) >= 11 is 0. The molecule has 1 amide bonds. The molecule has 1 aromatic heterocycles. The van der Waals surface area contributed by atoms with Gasteiger partial charge in [-0.15, -0.1) is 0 Å². The first-order valence-corrected chi connectivity index (χ1v) is 9.03. The Bertz CT molecular complexity index is 505. The van der Waals surface area contributed by atoms with Crippen LogP contribution in [0.1, 0.15) is 47.5 Å². The number of nitrogens with one attached hydrogen (secondary N) is 1. The number of carbonyl (C=O) groups excluding carboxylic acids is 1. The minimum atomic E-state index is -0.850. The van der Waals surface area contributed by atoms with Gasteiger partial charge in [-0.1, -0.05) is 20.8 Å². The van der Waals surface area contributed by atoms with E-state index in [9.17, 15) is 4.79 Å². The SMILES string of the molecule is CCCO[C@@](C)(CC(C)C)C(=O)Nc1ccc(OCCOCC)nc1. The Balaban J connectivity index is 2.63. The molecule has 6 nitrogen and oxygen atoms in total. The van der Waals surface area contributed by atoms with E-state index in [1.807, 2.05) is 20.8 Å². The van der Waals surface area contributed by atoms with Gasteiger partial charge in [0.05, 0.1) is 18.5 Å². The lowest BCUT2D eigenvalue weighted by Gasteiger charge is -2.30. The summed E-state index contributed by atoms with van der Waals surface area (Å²) in [4.78, 5) is 16.9. The summed E-state index contributed by atoms with van der Waals surface area (Å²) in [5.41, 5.74) is -0.228. The molecular weight excluding hydrogens is 320 g/mol. The minimum absolute atomic E-state index is 0.151. The van der Waals surface area contributed by atoms with Crippen LogP contribution in [-0.2, 0) is 14.3 Å². The van der Waals surface area contributed by atoms with Gasteiger partial charge in [-0.25, -0.2) is 4.98 Å². The lowest BCUT2D eigenvalue weighted by molar-refractivity contribution is -0.141. The molecule has 6 heteroatoms. The van der Waals surface area contributed by atoms with E-state index in [2.05, 4.69) is 24.1 Å². The number of nitrogens with zero attached hydrogens (tertiary/aromatic N) is 1. The maximum atomic E-state index is 12.7. The molecule has 0 bridgehead atoms. The average Bonchev–Trinajstić information content (AvgIpc) is 2.57. The minimum Gasteiger partial charge on any atom is -0.475 e. The second-order valence-electron chi connectivity index (χ2n) is 6.56. The van der Waals surface area contributed by atoms with E-state index >= 15 is 0 Å². The highest BCUT2D eigenvalue weighted by molar-refractivity contribution is 5.96. The predicted molar refractivity (Wildman–Crippen MR) is 99.0 cm³/mol. The Morgan fingerprint density at radius 3 is 2.56 bits per heavy atom. The van der Waals surface area contributed by atoms with Crippen molar-refractivity contribution in [2.75, 3.05) is 31.7 Å². The van der Waals surface area contributed by atoms with Crippen LogP contribution in [-0.4, -0.2) is 42.9 Å². The Labute approximate surface area is 151 Å². The van der Waals surface area contributed by atoms with Crippen LogP contribution < -0.4 is 10.1 Å². The third-order valence-electron chi connectivity index (χ3n) is 3.58. The number of amides is 1. The van der Waals surface area contributed by atoms with Crippen molar-refractivity contribution in [1.82, 2.24) is 4.98 Å². The zero-order chi connectivity index (χ0) is 18.7. The van der Waals surface area contributed by atoms with Crippen molar-refractivity contribution in [3.05, 3.63) is 18.3 Å². The second-order valence-corrected chi connectivity index (χ2v) is 6.56. The fourth-order valence-electron chi connectivity index (χ4n) is 2.48. The number of hydrogen-bond acceptors (Lipinski definition) is 5. The molecule has 1 atom stereocenters. The molecule has 0 aromatic carbocycles. The molecule has 1 rings (SSSR count). The number of carbonyl (C=O) groups is 1. The Kier molecular flexibility index (Phi) is 9.45. The third kappa shape index (κ3) is 7.84. The molecule has 0 aliphatic heterocycles. The summed E-state index contributed by atoms with van der Waals surface area (Å²) < 4.78 is 16.5. The predicted octanol–water partition coefficient (Wildman–Crippen LogP) is 3.67. The van der Waals surface area contributed by atoms with Crippen molar-refractivity contribution in [3.8, 4) is 5.88 Å². The van der Waals surface area contributed by atoms with Crippen molar-refractivity contribution in [1.29, 1.82) is 0 Å². The van der Waals surface area contributed by atoms with Crippen LogP contribution >= 0.6 is 0 Å².